The van der Waals surface area contributed by atoms with Crippen LogP contribution in [-0.4, -0.2) is 22.8 Å². The lowest BCUT2D eigenvalue weighted by atomic mass is 9.77. The Kier molecular flexibility index (Phi) is 3.77. The van der Waals surface area contributed by atoms with Crippen LogP contribution >= 0.6 is 0 Å². The Labute approximate surface area is 91.8 Å². The standard InChI is InChI=1S/C12H22O3/c1-8(10(13)9-6-5-7-9)11(14)15-12(2,3)4/h8-10,13H,5-7H2,1-4H3. The molecule has 1 aliphatic rings. The van der Waals surface area contributed by atoms with E-state index in [1.165, 1.54) is 6.42 Å². The van der Waals surface area contributed by atoms with Gasteiger partial charge in [0.15, 0.2) is 0 Å². The molecular formula is C12H22O3. The first-order valence-electron chi connectivity index (χ1n) is 5.72. The van der Waals surface area contributed by atoms with Gasteiger partial charge in [0.25, 0.3) is 0 Å². The van der Waals surface area contributed by atoms with Gasteiger partial charge in [0.1, 0.15) is 5.60 Å². The first kappa shape index (κ1) is 12.5. The third-order valence-electron chi connectivity index (χ3n) is 2.92. The molecule has 3 heteroatoms. The molecule has 1 fully saturated rings. The maximum atomic E-state index is 11.7. The summed E-state index contributed by atoms with van der Waals surface area (Å²) in [5.41, 5.74) is -0.468. The minimum Gasteiger partial charge on any atom is -0.460 e. The fourth-order valence-electron chi connectivity index (χ4n) is 1.72. The van der Waals surface area contributed by atoms with Gasteiger partial charge in [-0.15, -0.1) is 0 Å². The number of aliphatic hydroxyl groups excluding tert-OH is 1. The minimum atomic E-state index is -0.534. The quantitative estimate of drug-likeness (QED) is 0.732. The molecule has 0 heterocycles. The van der Waals surface area contributed by atoms with Crippen LogP contribution in [0.25, 0.3) is 0 Å². The van der Waals surface area contributed by atoms with Crippen molar-refractivity contribution in [1.29, 1.82) is 0 Å². The molecule has 2 atom stereocenters. The first-order chi connectivity index (χ1) is 6.81. The zero-order chi connectivity index (χ0) is 11.6. The van der Waals surface area contributed by atoms with Crippen molar-refractivity contribution in [2.24, 2.45) is 11.8 Å². The molecule has 15 heavy (non-hydrogen) atoms. The van der Waals surface area contributed by atoms with Gasteiger partial charge in [-0.1, -0.05) is 6.42 Å². The molecule has 0 aromatic carbocycles. The average molecular weight is 214 g/mol. The van der Waals surface area contributed by atoms with Gasteiger partial charge < -0.3 is 9.84 Å². The van der Waals surface area contributed by atoms with Crippen molar-refractivity contribution in [3.05, 3.63) is 0 Å². The van der Waals surface area contributed by atoms with E-state index in [-0.39, 0.29) is 5.97 Å². The Bertz CT molecular complexity index is 226. The summed E-state index contributed by atoms with van der Waals surface area (Å²) in [5.74, 6) is -0.399. The predicted octanol–water partition coefficient (Wildman–Crippen LogP) is 2.13. The zero-order valence-electron chi connectivity index (χ0n) is 10.1. The van der Waals surface area contributed by atoms with Crippen LogP contribution in [0.15, 0.2) is 0 Å². The van der Waals surface area contributed by atoms with Gasteiger partial charge in [0, 0.05) is 0 Å². The van der Waals surface area contributed by atoms with E-state index in [4.69, 9.17) is 4.74 Å². The number of ether oxygens (including phenoxy) is 1. The van der Waals surface area contributed by atoms with E-state index in [2.05, 4.69) is 0 Å². The van der Waals surface area contributed by atoms with E-state index in [0.717, 1.165) is 12.8 Å². The van der Waals surface area contributed by atoms with Crippen LogP contribution in [0.5, 0.6) is 0 Å². The van der Waals surface area contributed by atoms with E-state index >= 15 is 0 Å². The summed E-state index contributed by atoms with van der Waals surface area (Å²) in [7, 11) is 0. The molecule has 1 rings (SSSR count). The van der Waals surface area contributed by atoms with Gasteiger partial charge in [-0.25, -0.2) is 0 Å². The SMILES string of the molecule is CC(C(=O)OC(C)(C)C)C(O)C1CCC1. The molecule has 0 amide bonds. The summed E-state index contributed by atoms with van der Waals surface area (Å²) in [6.07, 6.45) is 2.71. The van der Waals surface area contributed by atoms with E-state index < -0.39 is 17.6 Å². The maximum Gasteiger partial charge on any atom is 0.311 e. The van der Waals surface area contributed by atoms with Gasteiger partial charge in [0.05, 0.1) is 12.0 Å². The second kappa shape index (κ2) is 4.52. The molecule has 3 nitrogen and oxygen atoms in total. The number of aliphatic hydroxyl groups is 1. The molecule has 0 radical (unpaired) electrons. The van der Waals surface area contributed by atoms with Crippen molar-refractivity contribution >= 4 is 5.97 Å². The topological polar surface area (TPSA) is 46.5 Å². The van der Waals surface area contributed by atoms with E-state index in [0.29, 0.717) is 5.92 Å². The zero-order valence-corrected chi connectivity index (χ0v) is 10.1. The second-order valence-electron chi connectivity index (χ2n) is 5.50. The number of hydrogen-bond donors (Lipinski definition) is 1. The molecule has 0 spiro atoms. The van der Waals surface area contributed by atoms with Crippen LogP contribution in [0.3, 0.4) is 0 Å². The van der Waals surface area contributed by atoms with Gasteiger partial charge in [-0.05, 0) is 46.5 Å². The van der Waals surface area contributed by atoms with Crippen LogP contribution in [-0.2, 0) is 9.53 Å². The lowest BCUT2D eigenvalue weighted by Crippen LogP contribution is -2.39. The lowest BCUT2D eigenvalue weighted by Gasteiger charge is -2.33. The molecule has 0 aromatic rings. The van der Waals surface area contributed by atoms with E-state index in [9.17, 15) is 9.90 Å². The largest absolute Gasteiger partial charge is 0.460 e. The monoisotopic (exact) mass is 214 g/mol. The highest BCUT2D eigenvalue weighted by atomic mass is 16.6. The van der Waals surface area contributed by atoms with Crippen molar-refractivity contribution in [2.45, 2.75) is 58.7 Å². The Balaban J connectivity index is 2.44. The fourth-order valence-corrected chi connectivity index (χ4v) is 1.72. The summed E-state index contributed by atoms with van der Waals surface area (Å²) in [4.78, 5) is 11.7. The van der Waals surface area contributed by atoms with Crippen LogP contribution in [0.4, 0.5) is 0 Å². The Morgan fingerprint density at radius 1 is 1.40 bits per heavy atom. The normalized spacial score (nSPS) is 21.7. The number of esters is 1. The van der Waals surface area contributed by atoms with Crippen molar-refractivity contribution in [3.8, 4) is 0 Å². The van der Waals surface area contributed by atoms with Crippen molar-refractivity contribution < 1.29 is 14.6 Å². The van der Waals surface area contributed by atoms with Gasteiger partial charge in [0.2, 0.25) is 0 Å². The molecule has 88 valence electrons. The predicted molar refractivity (Wildman–Crippen MR) is 58.4 cm³/mol. The van der Waals surface area contributed by atoms with Gasteiger partial charge in [-0.2, -0.15) is 0 Å². The van der Waals surface area contributed by atoms with Crippen LogP contribution in [0.1, 0.15) is 47.0 Å². The molecule has 2 unspecified atom stereocenters. The summed E-state index contributed by atoms with van der Waals surface area (Å²) in [6.45, 7) is 7.27. The number of rotatable bonds is 3. The molecule has 1 N–H and O–H groups in total. The van der Waals surface area contributed by atoms with Crippen LogP contribution in [0.2, 0.25) is 0 Å². The Morgan fingerprint density at radius 2 is 1.93 bits per heavy atom. The third-order valence-corrected chi connectivity index (χ3v) is 2.92. The number of hydrogen-bond acceptors (Lipinski definition) is 3. The minimum absolute atomic E-state index is 0.290. The molecule has 1 aliphatic carbocycles. The Morgan fingerprint density at radius 3 is 2.27 bits per heavy atom. The molecule has 0 aliphatic heterocycles. The summed E-state index contributed by atoms with van der Waals surface area (Å²) >= 11 is 0. The third kappa shape index (κ3) is 3.49. The highest BCUT2D eigenvalue weighted by Crippen LogP contribution is 2.33. The summed E-state index contributed by atoms with van der Waals surface area (Å²) in [5, 5.41) is 9.90. The van der Waals surface area contributed by atoms with Gasteiger partial charge >= 0.3 is 5.97 Å². The maximum absolute atomic E-state index is 11.7. The van der Waals surface area contributed by atoms with Gasteiger partial charge in [-0.3, -0.25) is 4.79 Å². The molecule has 0 saturated heterocycles. The highest BCUT2D eigenvalue weighted by Gasteiger charge is 2.35. The van der Waals surface area contributed by atoms with E-state index in [1.54, 1.807) is 6.92 Å². The molecular weight excluding hydrogens is 192 g/mol. The molecule has 0 bridgehead atoms. The second-order valence-corrected chi connectivity index (χ2v) is 5.50. The summed E-state index contributed by atoms with van der Waals surface area (Å²) < 4.78 is 5.24. The van der Waals surface area contributed by atoms with E-state index in [1.807, 2.05) is 20.8 Å². The number of carbonyl (C=O) groups excluding carboxylic acids is 1. The van der Waals surface area contributed by atoms with Crippen LogP contribution < -0.4 is 0 Å². The highest BCUT2D eigenvalue weighted by molar-refractivity contribution is 5.73. The lowest BCUT2D eigenvalue weighted by molar-refractivity contribution is -0.165. The van der Waals surface area contributed by atoms with Crippen molar-refractivity contribution in [2.75, 3.05) is 0 Å². The number of carbonyl (C=O) groups is 1. The first-order valence-corrected chi connectivity index (χ1v) is 5.72. The van der Waals surface area contributed by atoms with Crippen molar-refractivity contribution in [3.63, 3.8) is 0 Å². The average Bonchev–Trinajstić information content (AvgIpc) is 1.96. The van der Waals surface area contributed by atoms with Crippen LogP contribution in [0, 0.1) is 11.8 Å². The van der Waals surface area contributed by atoms with Crippen molar-refractivity contribution in [1.82, 2.24) is 0 Å². The molecule has 1 saturated carbocycles. The fraction of sp³-hybridized carbons (Fsp3) is 0.917. The smallest absolute Gasteiger partial charge is 0.311 e. The Hall–Kier alpha value is -0.570. The molecule has 0 aromatic heterocycles. The summed E-state index contributed by atoms with van der Waals surface area (Å²) in [6, 6.07) is 0.